The molecule has 1 aliphatic heterocycles. The number of benzene rings is 2. The molecule has 0 fully saturated rings. The van der Waals surface area contributed by atoms with Crippen molar-refractivity contribution in [3.63, 3.8) is 0 Å². The van der Waals surface area contributed by atoms with Crippen LogP contribution < -0.4 is 20.6 Å². The normalized spacial score (nSPS) is 13.3. The number of ether oxygens (including phenoxy) is 1. The maximum Gasteiger partial charge on any atom is 0.347 e. The number of carbonyl (C=O) groups excluding carboxylic acids is 1. The molecule has 0 atom stereocenters. The molecular weight excluding hydrogens is 474 g/mol. The summed E-state index contributed by atoms with van der Waals surface area (Å²) in [7, 11) is 0. The van der Waals surface area contributed by atoms with Crippen molar-refractivity contribution in [2.45, 2.75) is 0 Å². The number of carbonyl (C=O) groups is 1. The Bertz CT molecular complexity index is 1410. The molecule has 12 heteroatoms. The van der Waals surface area contributed by atoms with Gasteiger partial charge in [0, 0.05) is 12.1 Å². The summed E-state index contributed by atoms with van der Waals surface area (Å²) in [4.78, 5) is 24.4. The first-order valence-corrected chi connectivity index (χ1v) is 9.84. The highest BCUT2D eigenvalue weighted by atomic mass is 35.5. The van der Waals surface area contributed by atoms with Gasteiger partial charge < -0.3 is 10.1 Å². The molecule has 2 heterocycles. The molecule has 1 aliphatic rings. The highest BCUT2D eigenvalue weighted by Gasteiger charge is 2.26. The Hall–Kier alpha value is -4.20. The number of nitriles is 1. The van der Waals surface area contributed by atoms with Gasteiger partial charge in [-0.15, -0.1) is 5.10 Å². The Morgan fingerprint density at radius 3 is 2.36 bits per heavy atom. The third kappa shape index (κ3) is 4.41. The Labute approximate surface area is 195 Å². The number of hydrazone groups is 1. The number of allylic oxidation sites excluding steroid dienone is 1. The van der Waals surface area contributed by atoms with Crippen molar-refractivity contribution >= 4 is 40.6 Å². The van der Waals surface area contributed by atoms with Gasteiger partial charge >= 0.3 is 6.03 Å². The van der Waals surface area contributed by atoms with Crippen LogP contribution in [0.15, 0.2) is 70.7 Å². The molecular formula is C21H11Cl2FN6O3. The summed E-state index contributed by atoms with van der Waals surface area (Å²) in [6.07, 6.45) is 0. The van der Waals surface area contributed by atoms with Crippen molar-refractivity contribution in [2.24, 2.45) is 5.10 Å². The van der Waals surface area contributed by atoms with Crippen LogP contribution in [-0.2, 0) is 0 Å². The van der Waals surface area contributed by atoms with E-state index in [1.807, 2.05) is 6.07 Å². The lowest BCUT2D eigenvalue weighted by atomic mass is 10.2. The minimum atomic E-state index is -0.659. The number of nitrogens with zero attached hydrogens (tertiary/aromatic N) is 5. The van der Waals surface area contributed by atoms with Crippen LogP contribution >= 0.6 is 23.2 Å². The summed E-state index contributed by atoms with van der Waals surface area (Å²) < 4.78 is 19.9. The van der Waals surface area contributed by atoms with Crippen molar-refractivity contribution in [1.82, 2.24) is 15.1 Å². The second-order valence-corrected chi connectivity index (χ2v) is 7.33. The van der Waals surface area contributed by atoms with Gasteiger partial charge in [0.25, 0.3) is 5.56 Å². The molecule has 1 aromatic heterocycles. The minimum Gasteiger partial charge on any atom is -0.434 e. The zero-order chi connectivity index (χ0) is 23.7. The Morgan fingerprint density at radius 1 is 1.06 bits per heavy atom. The third-order valence-corrected chi connectivity index (χ3v) is 4.88. The zero-order valence-corrected chi connectivity index (χ0v) is 17.9. The number of rotatable bonds is 4. The largest absolute Gasteiger partial charge is 0.434 e. The predicted octanol–water partition coefficient (Wildman–Crippen LogP) is 4.39. The molecule has 0 spiro atoms. The van der Waals surface area contributed by atoms with E-state index in [0.29, 0.717) is 5.69 Å². The van der Waals surface area contributed by atoms with Crippen LogP contribution in [0.2, 0.25) is 10.0 Å². The van der Waals surface area contributed by atoms with Gasteiger partial charge in [-0.1, -0.05) is 29.8 Å². The molecule has 2 amide bonds. The van der Waals surface area contributed by atoms with Crippen molar-refractivity contribution in [1.29, 1.82) is 5.26 Å². The van der Waals surface area contributed by atoms with E-state index in [9.17, 15) is 14.0 Å². The fourth-order valence-corrected chi connectivity index (χ4v) is 3.35. The van der Waals surface area contributed by atoms with Gasteiger partial charge in [-0.3, -0.25) is 4.79 Å². The van der Waals surface area contributed by atoms with Gasteiger partial charge in [0.05, 0.1) is 27.1 Å². The smallest absolute Gasteiger partial charge is 0.347 e. The summed E-state index contributed by atoms with van der Waals surface area (Å²) >= 11 is 12.6. The SMILES string of the molecule is C=C1NC(=O)N(c2cc(Cl)c(Oc3ccc(=O)n(-c4ccc(F)cc4)n3)c(Cl)c2)N=C1C#N. The molecule has 1 N–H and O–H groups in total. The molecule has 2 aromatic carbocycles. The first-order valence-electron chi connectivity index (χ1n) is 9.09. The van der Waals surface area contributed by atoms with E-state index < -0.39 is 17.4 Å². The number of aromatic nitrogens is 2. The second-order valence-electron chi connectivity index (χ2n) is 6.52. The van der Waals surface area contributed by atoms with E-state index in [-0.39, 0.29) is 38.8 Å². The average Bonchev–Trinajstić information content (AvgIpc) is 2.78. The fourth-order valence-electron chi connectivity index (χ4n) is 2.80. The van der Waals surface area contributed by atoms with Crippen LogP contribution in [0.3, 0.4) is 0 Å². The maximum atomic E-state index is 13.2. The van der Waals surface area contributed by atoms with E-state index in [1.165, 1.54) is 48.5 Å². The van der Waals surface area contributed by atoms with Gasteiger partial charge in [-0.25, -0.2) is 9.18 Å². The summed E-state index contributed by atoms with van der Waals surface area (Å²) in [6.45, 7) is 3.55. The monoisotopic (exact) mass is 484 g/mol. The van der Waals surface area contributed by atoms with Gasteiger partial charge in [-0.05, 0) is 36.4 Å². The van der Waals surface area contributed by atoms with Crippen molar-refractivity contribution in [3.05, 3.63) is 87.0 Å². The number of amides is 2. The molecule has 0 radical (unpaired) electrons. The molecule has 164 valence electrons. The molecule has 0 saturated carbocycles. The Morgan fingerprint density at radius 2 is 1.73 bits per heavy atom. The van der Waals surface area contributed by atoms with Crippen LogP contribution in [0.25, 0.3) is 5.69 Å². The number of nitrogens with one attached hydrogen (secondary N) is 1. The van der Waals surface area contributed by atoms with Crippen molar-refractivity contribution in [2.75, 3.05) is 5.01 Å². The number of hydrogen-bond acceptors (Lipinski definition) is 6. The van der Waals surface area contributed by atoms with E-state index in [2.05, 4.69) is 22.1 Å². The van der Waals surface area contributed by atoms with Crippen LogP contribution in [0.4, 0.5) is 14.9 Å². The lowest BCUT2D eigenvalue weighted by Gasteiger charge is -2.24. The Balaban J connectivity index is 1.67. The van der Waals surface area contributed by atoms with Crippen LogP contribution in [-0.4, -0.2) is 21.5 Å². The lowest BCUT2D eigenvalue weighted by molar-refractivity contribution is 0.248. The van der Waals surface area contributed by atoms with Crippen LogP contribution in [0.5, 0.6) is 11.6 Å². The fraction of sp³-hybridized carbons (Fsp3) is 0. The number of halogens is 3. The standard InChI is InChI=1S/C21H11Cl2FN6O3/c1-11-17(10-25)27-30(21(32)26-11)14-8-15(22)20(16(23)9-14)33-18-6-7-19(31)29(28-18)13-4-2-12(24)3-5-13/h2-9H,1H2,(H,26,32). The molecule has 9 nitrogen and oxygen atoms in total. The van der Waals surface area contributed by atoms with Crippen molar-refractivity contribution in [3.8, 4) is 23.4 Å². The van der Waals surface area contributed by atoms with Crippen molar-refractivity contribution < 1.29 is 13.9 Å². The first kappa shape index (κ1) is 22.0. The lowest BCUT2D eigenvalue weighted by Crippen LogP contribution is -2.42. The Kier molecular flexibility index (Phi) is 5.83. The molecule has 0 bridgehead atoms. The highest BCUT2D eigenvalue weighted by Crippen LogP contribution is 2.39. The second kappa shape index (κ2) is 8.74. The predicted molar refractivity (Wildman–Crippen MR) is 120 cm³/mol. The molecule has 0 saturated heterocycles. The number of urea groups is 1. The van der Waals surface area contributed by atoms with E-state index in [4.69, 9.17) is 33.2 Å². The average molecular weight is 485 g/mol. The number of anilines is 1. The summed E-state index contributed by atoms with van der Waals surface area (Å²) in [5, 5.41) is 20.5. The summed E-state index contributed by atoms with van der Waals surface area (Å²) in [5.74, 6) is -0.478. The number of hydrogen-bond donors (Lipinski definition) is 1. The molecule has 33 heavy (non-hydrogen) atoms. The third-order valence-electron chi connectivity index (χ3n) is 4.32. The molecule has 0 aliphatic carbocycles. The minimum absolute atomic E-state index is 0.00439. The molecule has 3 aromatic rings. The quantitative estimate of drug-likeness (QED) is 0.589. The van der Waals surface area contributed by atoms with Crippen LogP contribution in [0.1, 0.15) is 0 Å². The van der Waals surface area contributed by atoms with E-state index >= 15 is 0 Å². The summed E-state index contributed by atoms with van der Waals surface area (Å²) in [6, 6.07) is 11.5. The first-order chi connectivity index (χ1) is 15.8. The van der Waals surface area contributed by atoms with E-state index in [0.717, 1.165) is 9.69 Å². The van der Waals surface area contributed by atoms with Gasteiger partial charge in [-0.2, -0.15) is 20.1 Å². The topological polar surface area (TPSA) is 113 Å². The van der Waals surface area contributed by atoms with Gasteiger partial charge in [0.1, 0.15) is 11.9 Å². The molecule has 4 rings (SSSR count). The van der Waals surface area contributed by atoms with Crippen LogP contribution in [0, 0.1) is 17.1 Å². The van der Waals surface area contributed by atoms with E-state index in [1.54, 1.807) is 0 Å². The molecule has 0 unspecified atom stereocenters. The maximum absolute atomic E-state index is 13.2. The van der Waals surface area contributed by atoms with Gasteiger partial charge in [0.2, 0.25) is 5.88 Å². The highest BCUT2D eigenvalue weighted by molar-refractivity contribution is 6.37. The zero-order valence-electron chi connectivity index (χ0n) is 16.4. The summed E-state index contributed by atoms with van der Waals surface area (Å²) in [5.41, 5.74) is 0.000574. The van der Waals surface area contributed by atoms with Gasteiger partial charge in [0.15, 0.2) is 11.5 Å².